The quantitative estimate of drug-likeness (QED) is 0.737. The fourth-order valence-corrected chi connectivity index (χ4v) is 2.59. The number of hydrogen-bond acceptors (Lipinski definition) is 5. The number of methoxy groups -OCH3 is 1. The first kappa shape index (κ1) is 15.9. The molecular formula is C18H19N3O3. The summed E-state index contributed by atoms with van der Waals surface area (Å²) in [5.41, 5.74) is 1.86. The van der Waals surface area contributed by atoms with Gasteiger partial charge in [-0.1, -0.05) is 0 Å². The van der Waals surface area contributed by atoms with Gasteiger partial charge >= 0.3 is 0 Å². The lowest BCUT2D eigenvalue weighted by Crippen LogP contribution is -2.28. The van der Waals surface area contributed by atoms with E-state index in [9.17, 15) is 4.79 Å². The second-order valence-electron chi connectivity index (χ2n) is 5.62. The third-order valence-corrected chi connectivity index (χ3v) is 3.87. The highest BCUT2D eigenvalue weighted by atomic mass is 16.5. The van der Waals surface area contributed by atoms with Crippen molar-refractivity contribution >= 4 is 28.4 Å². The lowest BCUT2D eigenvalue weighted by Gasteiger charge is -2.22. The summed E-state index contributed by atoms with van der Waals surface area (Å²) < 4.78 is 10.7. The van der Waals surface area contributed by atoms with Crippen LogP contribution in [0, 0.1) is 0 Å². The Kier molecular flexibility index (Phi) is 4.12. The van der Waals surface area contributed by atoms with E-state index in [0.717, 1.165) is 16.9 Å². The van der Waals surface area contributed by atoms with Gasteiger partial charge in [-0.25, -0.2) is 4.98 Å². The largest absolute Gasteiger partial charge is 0.497 e. The number of pyridine rings is 1. The van der Waals surface area contributed by atoms with E-state index in [1.54, 1.807) is 43.5 Å². The predicted molar refractivity (Wildman–Crippen MR) is 94.1 cm³/mol. The number of nitrogens with zero attached hydrogens (tertiary/aromatic N) is 3. The first-order valence-corrected chi connectivity index (χ1v) is 7.48. The number of aromatic nitrogens is 1. The van der Waals surface area contributed by atoms with E-state index >= 15 is 0 Å². The molecule has 0 spiro atoms. The SMILES string of the molecule is COc1ccc2occ(C(=O)N(C)c3cccnc3N(C)C)c2c1. The molecule has 124 valence electrons. The van der Waals surface area contributed by atoms with E-state index in [1.807, 2.05) is 31.1 Å². The molecule has 0 saturated carbocycles. The number of amides is 1. The van der Waals surface area contributed by atoms with Gasteiger partial charge in [0.2, 0.25) is 0 Å². The molecule has 0 radical (unpaired) electrons. The van der Waals surface area contributed by atoms with Crippen LogP contribution in [-0.2, 0) is 0 Å². The van der Waals surface area contributed by atoms with Gasteiger partial charge < -0.3 is 19.0 Å². The van der Waals surface area contributed by atoms with Crippen LogP contribution in [0.25, 0.3) is 11.0 Å². The fraction of sp³-hybridized carbons (Fsp3) is 0.222. The molecule has 0 saturated heterocycles. The lowest BCUT2D eigenvalue weighted by atomic mass is 10.1. The van der Waals surface area contributed by atoms with E-state index in [-0.39, 0.29) is 5.91 Å². The zero-order valence-electron chi connectivity index (χ0n) is 14.1. The van der Waals surface area contributed by atoms with E-state index in [4.69, 9.17) is 9.15 Å². The van der Waals surface area contributed by atoms with E-state index in [1.165, 1.54) is 6.26 Å². The molecule has 1 amide bonds. The number of anilines is 2. The summed E-state index contributed by atoms with van der Waals surface area (Å²) in [5, 5.41) is 0.724. The van der Waals surface area contributed by atoms with Crippen molar-refractivity contribution in [1.29, 1.82) is 0 Å². The van der Waals surface area contributed by atoms with E-state index in [0.29, 0.717) is 16.9 Å². The third-order valence-electron chi connectivity index (χ3n) is 3.87. The molecule has 2 aromatic heterocycles. The normalized spacial score (nSPS) is 10.7. The highest BCUT2D eigenvalue weighted by Crippen LogP contribution is 2.30. The minimum Gasteiger partial charge on any atom is -0.497 e. The number of benzene rings is 1. The maximum atomic E-state index is 13.0. The van der Waals surface area contributed by atoms with Gasteiger partial charge in [0.15, 0.2) is 5.82 Å². The summed E-state index contributed by atoms with van der Waals surface area (Å²) >= 11 is 0. The van der Waals surface area contributed by atoms with Gasteiger partial charge in [0.25, 0.3) is 5.91 Å². The molecule has 0 N–H and O–H groups in total. The second-order valence-corrected chi connectivity index (χ2v) is 5.62. The van der Waals surface area contributed by atoms with Crippen LogP contribution in [-0.4, -0.2) is 39.1 Å². The molecule has 0 atom stereocenters. The number of hydrogen-bond donors (Lipinski definition) is 0. The van der Waals surface area contributed by atoms with Gasteiger partial charge in [0.05, 0.1) is 18.4 Å². The average Bonchev–Trinajstić information content (AvgIpc) is 3.03. The Balaban J connectivity index is 2.03. The third kappa shape index (κ3) is 2.67. The van der Waals surface area contributed by atoms with Gasteiger partial charge in [0.1, 0.15) is 17.6 Å². The van der Waals surface area contributed by atoms with Crippen molar-refractivity contribution in [2.75, 3.05) is 38.1 Å². The molecule has 0 unspecified atom stereocenters. The highest BCUT2D eigenvalue weighted by molar-refractivity contribution is 6.14. The van der Waals surface area contributed by atoms with Crippen LogP contribution in [0.5, 0.6) is 5.75 Å². The smallest absolute Gasteiger partial charge is 0.262 e. The zero-order chi connectivity index (χ0) is 17.3. The van der Waals surface area contributed by atoms with Crippen LogP contribution < -0.4 is 14.5 Å². The first-order chi connectivity index (χ1) is 11.5. The molecular weight excluding hydrogens is 306 g/mol. The van der Waals surface area contributed by atoms with Crippen molar-refractivity contribution in [2.24, 2.45) is 0 Å². The van der Waals surface area contributed by atoms with Crippen LogP contribution in [0.4, 0.5) is 11.5 Å². The predicted octanol–water partition coefficient (Wildman–Crippen LogP) is 3.18. The van der Waals surface area contributed by atoms with Crippen LogP contribution in [0.2, 0.25) is 0 Å². The van der Waals surface area contributed by atoms with Crippen molar-refractivity contribution in [2.45, 2.75) is 0 Å². The Labute approximate surface area is 140 Å². The number of carbonyl (C=O) groups excluding carboxylic acids is 1. The Hall–Kier alpha value is -3.02. The summed E-state index contributed by atoms with van der Waals surface area (Å²) in [7, 11) is 7.10. The molecule has 24 heavy (non-hydrogen) atoms. The number of fused-ring (bicyclic) bond motifs is 1. The summed E-state index contributed by atoms with van der Waals surface area (Å²) in [6.07, 6.45) is 3.18. The van der Waals surface area contributed by atoms with Crippen molar-refractivity contribution in [3.63, 3.8) is 0 Å². The van der Waals surface area contributed by atoms with E-state index in [2.05, 4.69) is 4.98 Å². The number of ether oxygens (including phenoxy) is 1. The van der Waals surface area contributed by atoms with Gasteiger partial charge in [-0.2, -0.15) is 0 Å². The molecule has 3 aromatic rings. The van der Waals surface area contributed by atoms with E-state index < -0.39 is 0 Å². The Morgan fingerprint density at radius 3 is 2.71 bits per heavy atom. The molecule has 0 aliphatic carbocycles. The van der Waals surface area contributed by atoms with Crippen molar-refractivity contribution in [3.8, 4) is 5.75 Å². The second kappa shape index (κ2) is 6.23. The first-order valence-electron chi connectivity index (χ1n) is 7.48. The molecule has 0 bridgehead atoms. The highest BCUT2D eigenvalue weighted by Gasteiger charge is 2.22. The Morgan fingerprint density at radius 1 is 1.21 bits per heavy atom. The molecule has 0 aliphatic heterocycles. The minimum absolute atomic E-state index is 0.168. The number of carbonyl (C=O) groups is 1. The minimum atomic E-state index is -0.168. The molecule has 0 fully saturated rings. The van der Waals surface area contributed by atoms with Gasteiger partial charge in [0, 0.05) is 32.7 Å². The van der Waals surface area contributed by atoms with Crippen molar-refractivity contribution < 1.29 is 13.9 Å². The Morgan fingerprint density at radius 2 is 2.00 bits per heavy atom. The van der Waals surface area contributed by atoms with Crippen LogP contribution >= 0.6 is 0 Å². The molecule has 6 nitrogen and oxygen atoms in total. The molecule has 6 heteroatoms. The summed E-state index contributed by atoms with van der Waals surface area (Å²) in [5.74, 6) is 1.23. The Bertz CT molecular complexity index is 886. The number of furan rings is 1. The lowest BCUT2D eigenvalue weighted by molar-refractivity contribution is 0.0993. The van der Waals surface area contributed by atoms with Gasteiger partial charge in [-0.3, -0.25) is 4.79 Å². The van der Waals surface area contributed by atoms with Gasteiger partial charge in [-0.05, 0) is 30.3 Å². The van der Waals surface area contributed by atoms with Crippen LogP contribution in [0.3, 0.4) is 0 Å². The van der Waals surface area contributed by atoms with Gasteiger partial charge in [-0.15, -0.1) is 0 Å². The maximum Gasteiger partial charge on any atom is 0.262 e. The fourth-order valence-electron chi connectivity index (χ4n) is 2.59. The zero-order valence-corrected chi connectivity index (χ0v) is 14.1. The number of rotatable bonds is 4. The molecule has 3 rings (SSSR count). The van der Waals surface area contributed by atoms with Crippen molar-refractivity contribution in [1.82, 2.24) is 4.98 Å². The molecule has 2 heterocycles. The standard InChI is InChI=1S/C18H19N3O3/c1-20(2)17-15(6-5-9-19-17)21(3)18(22)14-11-24-16-8-7-12(23-4)10-13(14)16/h5-11H,1-4H3. The average molecular weight is 325 g/mol. The monoisotopic (exact) mass is 325 g/mol. The molecule has 0 aliphatic rings. The summed E-state index contributed by atoms with van der Waals surface area (Å²) in [4.78, 5) is 20.8. The summed E-state index contributed by atoms with van der Waals surface area (Å²) in [6, 6.07) is 9.07. The van der Waals surface area contributed by atoms with Crippen molar-refractivity contribution in [3.05, 3.63) is 48.4 Å². The van der Waals surface area contributed by atoms with Crippen LogP contribution in [0.1, 0.15) is 10.4 Å². The maximum absolute atomic E-state index is 13.0. The molecule has 1 aromatic carbocycles. The topological polar surface area (TPSA) is 58.8 Å². The summed E-state index contributed by atoms with van der Waals surface area (Å²) in [6.45, 7) is 0. The van der Waals surface area contributed by atoms with Crippen LogP contribution in [0.15, 0.2) is 47.2 Å².